The van der Waals surface area contributed by atoms with E-state index in [4.69, 9.17) is 16.6 Å². The van der Waals surface area contributed by atoms with Gasteiger partial charge in [0.05, 0.1) is 23.0 Å². The lowest BCUT2D eigenvalue weighted by atomic mass is 10.2. The largest absolute Gasteiger partial charge is 0.276 e. The van der Waals surface area contributed by atoms with E-state index in [2.05, 4.69) is 21.7 Å². The van der Waals surface area contributed by atoms with Crippen LogP contribution in [0.2, 0.25) is 0 Å². The van der Waals surface area contributed by atoms with E-state index in [-0.39, 0.29) is 0 Å². The topological polar surface area (TPSA) is 53.5 Å². The third-order valence-electron chi connectivity index (χ3n) is 3.61. The van der Waals surface area contributed by atoms with Gasteiger partial charge in [0.25, 0.3) is 0 Å². The number of aryl methyl sites for hydroxylation is 4. The zero-order chi connectivity index (χ0) is 15.1. The molecule has 0 N–H and O–H groups in total. The molecule has 0 aliphatic carbocycles. The van der Waals surface area contributed by atoms with Crippen molar-refractivity contribution in [3.05, 3.63) is 23.4 Å². The number of fused-ring (bicyclic) bond motifs is 1. The second-order valence-electron chi connectivity index (χ2n) is 5.26. The van der Waals surface area contributed by atoms with Crippen molar-refractivity contribution in [1.82, 2.24) is 29.1 Å². The van der Waals surface area contributed by atoms with Gasteiger partial charge in [0.15, 0.2) is 5.65 Å². The summed E-state index contributed by atoms with van der Waals surface area (Å²) in [6.07, 6.45) is 3.95. The molecule has 3 aromatic rings. The molecule has 0 spiro atoms. The Morgan fingerprint density at radius 1 is 1.24 bits per heavy atom. The summed E-state index contributed by atoms with van der Waals surface area (Å²) in [5.74, 6) is 1.18. The van der Waals surface area contributed by atoms with Gasteiger partial charge in [-0.05, 0) is 13.3 Å². The molecule has 6 nitrogen and oxygen atoms in total. The third kappa shape index (κ3) is 2.14. The first kappa shape index (κ1) is 14.1. The Morgan fingerprint density at radius 2 is 2.00 bits per heavy atom. The van der Waals surface area contributed by atoms with Crippen molar-refractivity contribution in [3.63, 3.8) is 0 Å². The maximum absolute atomic E-state index is 6.11. The van der Waals surface area contributed by atoms with Crippen LogP contribution in [0.15, 0.2) is 6.20 Å². The second-order valence-corrected chi connectivity index (χ2v) is 5.53. The molecule has 0 amide bonds. The number of aromatic nitrogens is 6. The molecular weight excluding hydrogens is 288 g/mol. The van der Waals surface area contributed by atoms with E-state index in [0.717, 1.165) is 46.9 Å². The van der Waals surface area contributed by atoms with Gasteiger partial charge in [0, 0.05) is 20.3 Å². The molecule has 7 heteroatoms. The van der Waals surface area contributed by atoms with Crippen molar-refractivity contribution in [2.24, 2.45) is 14.1 Å². The SMILES string of the molecule is CCCc1nn(C)c2c1nc(CCl)n2-c1cn(C)nc1C. The first-order valence-electron chi connectivity index (χ1n) is 7.06. The number of nitrogens with zero attached hydrogens (tertiary/aromatic N) is 6. The minimum atomic E-state index is 0.356. The van der Waals surface area contributed by atoms with Gasteiger partial charge in [-0.3, -0.25) is 9.25 Å². The molecule has 0 fully saturated rings. The van der Waals surface area contributed by atoms with E-state index in [1.807, 2.05) is 31.9 Å². The average Bonchev–Trinajstić information content (AvgIpc) is 3.05. The van der Waals surface area contributed by atoms with Crippen molar-refractivity contribution < 1.29 is 0 Å². The van der Waals surface area contributed by atoms with Crippen molar-refractivity contribution in [2.45, 2.75) is 32.6 Å². The van der Waals surface area contributed by atoms with Crippen molar-refractivity contribution in [3.8, 4) is 5.69 Å². The van der Waals surface area contributed by atoms with Gasteiger partial charge in [-0.1, -0.05) is 13.3 Å². The molecule has 0 radical (unpaired) electrons. The average molecular weight is 307 g/mol. The normalized spacial score (nSPS) is 11.7. The Bertz CT molecular complexity index is 794. The van der Waals surface area contributed by atoms with Gasteiger partial charge in [-0.15, -0.1) is 11.6 Å². The Hall–Kier alpha value is -1.82. The van der Waals surface area contributed by atoms with E-state index in [1.165, 1.54) is 0 Å². The van der Waals surface area contributed by atoms with Crippen LogP contribution in [0.4, 0.5) is 0 Å². The Labute approximate surface area is 128 Å². The quantitative estimate of drug-likeness (QED) is 0.696. The van der Waals surface area contributed by atoms with Crippen LogP contribution in [0.3, 0.4) is 0 Å². The summed E-state index contributed by atoms with van der Waals surface area (Å²) in [5.41, 5.74) is 4.90. The number of halogens is 1. The maximum atomic E-state index is 6.11. The van der Waals surface area contributed by atoms with E-state index < -0.39 is 0 Å². The smallest absolute Gasteiger partial charge is 0.163 e. The van der Waals surface area contributed by atoms with Gasteiger partial charge in [0.2, 0.25) is 0 Å². The minimum Gasteiger partial charge on any atom is -0.276 e. The summed E-state index contributed by atoms with van der Waals surface area (Å²) in [4.78, 5) is 4.71. The molecule has 21 heavy (non-hydrogen) atoms. The Morgan fingerprint density at radius 3 is 2.57 bits per heavy atom. The molecule has 0 saturated heterocycles. The van der Waals surface area contributed by atoms with Crippen LogP contribution in [-0.4, -0.2) is 29.1 Å². The first-order valence-corrected chi connectivity index (χ1v) is 7.60. The molecule has 0 aliphatic heterocycles. The molecule has 0 unspecified atom stereocenters. The fourth-order valence-corrected chi connectivity index (χ4v) is 2.96. The van der Waals surface area contributed by atoms with Crippen molar-refractivity contribution in [2.75, 3.05) is 0 Å². The van der Waals surface area contributed by atoms with Crippen LogP contribution >= 0.6 is 11.6 Å². The van der Waals surface area contributed by atoms with E-state index in [1.54, 1.807) is 4.68 Å². The van der Waals surface area contributed by atoms with Crippen LogP contribution in [0.25, 0.3) is 16.9 Å². The predicted octanol–water partition coefficient (Wildman–Crippen LogP) is 2.49. The van der Waals surface area contributed by atoms with Gasteiger partial charge >= 0.3 is 0 Å². The standard InChI is InChI=1S/C14H19ClN6/c1-5-6-10-13-14(20(4)18-10)21(12(7-15)16-13)11-8-19(3)17-9(11)2/h8H,5-7H2,1-4H3. The van der Waals surface area contributed by atoms with E-state index in [9.17, 15) is 0 Å². The maximum Gasteiger partial charge on any atom is 0.163 e. The van der Waals surface area contributed by atoms with Crippen molar-refractivity contribution in [1.29, 1.82) is 0 Å². The van der Waals surface area contributed by atoms with Gasteiger partial charge in [0.1, 0.15) is 11.3 Å². The fraction of sp³-hybridized carbons (Fsp3) is 0.500. The lowest BCUT2D eigenvalue weighted by molar-refractivity contribution is 0.731. The molecule has 0 atom stereocenters. The predicted molar refractivity (Wildman–Crippen MR) is 82.9 cm³/mol. The molecular formula is C14H19ClN6. The van der Waals surface area contributed by atoms with Gasteiger partial charge < -0.3 is 0 Å². The van der Waals surface area contributed by atoms with E-state index >= 15 is 0 Å². The summed E-state index contributed by atoms with van der Waals surface area (Å²) >= 11 is 6.11. The number of rotatable bonds is 4. The van der Waals surface area contributed by atoms with Crippen molar-refractivity contribution >= 4 is 22.8 Å². The summed E-state index contributed by atoms with van der Waals surface area (Å²) in [5, 5.41) is 9.02. The second kappa shape index (κ2) is 5.18. The minimum absolute atomic E-state index is 0.356. The molecule has 3 rings (SSSR count). The highest BCUT2D eigenvalue weighted by Gasteiger charge is 2.21. The third-order valence-corrected chi connectivity index (χ3v) is 3.85. The number of hydrogen-bond donors (Lipinski definition) is 0. The number of alkyl halides is 1. The lowest BCUT2D eigenvalue weighted by Gasteiger charge is -2.06. The van der Waals surface area contributed by atoms with Gasteiger partial charge in [-0.25, -0.2) is 9.67 Å². The van der Waals surface area contributed by atoms with Crippen LogP contribution < -0.4 is 0 Å². The summed E-state index contributed by atoms with van der Waals surface area (Å²) in [7, 11) is 3.86. The van der Waals surface area contributed by atoms with Crippen LogP contribution in [0.5, 0.6) is 0 Å². The highest BCUT2D eigenvalue weighted by atomic mass is 35.5. The van der Waals surface area contributed by atoms with Gasteiger partial charge in [-0.2, -0.15) is 10.2 Å². The van der Waals surface area contributed by atoms with Crippen LogP contribution in [0.1, 0.15) is 30.6 Å². The lowest BCUT2D eigenvalue weighted by Crippen LogP contribution is -2.05. The summed E-state index contributed by atoms with van der Waals surface area (Å²) < 4.78 is 5.75. The molecule has 112 valence electrons. The van der Waals surface area contributed by atoms with Crippen LogP contribution in [0, 0.1) is 6.92 Å². The highest BCUT2D eigenvalue weighted by molar-refractivity contribution is 6.17. The summed E-state index contributed by atoms with van der Waals surface area (Å²) in [6.45, 7) is 4.13. The Balaban J connectivity index is 2.33. The number of hydrogen-bond acceptors (Lipinski definition) is 3. The highest BCUT2D eigenvalue weighted by Crippen LogP contribution is 2.26. The molecule has 3 heterocycles. The zero-order valence-corrected chi connectivity index (χ0v) is 13.5. The Kier molecular flexibility index (Phi) is 3.49. The summed E-state index contributed by atoms with van der Waals surface area (Å²) in [6, 6.07) is 0. The number of imidazole rings is 1. The molecule has 0 aliphatic rings. The molecule has 3 aromatic heterocycles. The zero-order valence-electron chi connectivity index (χ0n) is 12.8. The molecule has 0 bridgehead atoms. The fourth-order valence-electron chi connectivity index (χ4n) is 2.78. The van der Waals surface area contributed by atoms with E-state index in [0.29, 0.717) is 5.88 Å². The monoisotopic (exact) mass is 306 g/mol. The molecule has 0 saturated carbocycles. The first-order chi connectivity index (χ1) is 10.1. The molecule has 0 aromatic carbocycles. The van der Waals surface area contributed by atoms with Crippen LogP contribution in [-0.2, 0) is 26.4 Å².